The molecule has 0 aromatic carbocycles. The second-order valence-corrected chi connectivity index (χ2v) is 8.80. The van der Waals surface area contributed by atoms with Gasteiger partial charge in [0.15, 0.2) is 9.84 Å². The molecule has 1 aromatic rings. The number of anilines is 2. The lowest BCUT2D eigenvalue weighted by molar-refractivity contribution is 0.105. The number of aromatic nitrogens is 2. The summed E-state index contributed by atoms with van der Waals surface area (Å²) in [7, 11) is -2.94. The molecule has 10 heteroatoms. The number of ether oxygens (including phenoxy) is 1. The molecule has 1 atom stereocenters. The first-order chi connectivity index (χ1) is 12.4. The van der Waals surface area contributed by atoms with Gasteiger partial charge in [0.05, 0.1) is 18.1 Å². The molecule has 144 valence electrons. The average Bonchev–Trinajstić information content (AvgIpc) is 2.93. The smallest absolute Gasteiger partial charge is 0.409 e. The lowest BCUT2D eigenvalue weighted by Crippen LogP contribution is -2.49. The Balaban J connectivity index is 1.64. The van der Waals surface area contributed by atoms with Gasteiger partial charge < -0.3 is 19.9 Å². The number of nitrogens with zero attached hydrogens (tertiary/aromatic N) is 4. The van der Waals surface area contributed by atoms with Crippen LogP contribution in [0.4, 0.5) is 16.4 Å². The predicted octanol–water partition coefficient (Wildman–Crippen LogP) is 0.663. The van der Waals surface area contributed by atoms with Crippen LogP contribution in [0, 0.1) is 6.92 Å². The standard InChI is InChI=1S/C16H25N5O4S/c1-3-25-16(22)21-7-5-20(6-8-21)15-10-14(17-12(2)18-15)19-13-4-9-26(23,24)11-13/h10,13H,3-9,11H2,1-2H3,(H,17,18,19). The van der Waals surface area contributed by atoms with Crippen molar-refractivity contribution in [2.45, 2.75) is 26.3 Å². The van der Waals surface area contributed by atoms with Gasteiger partial charge in [-0.15, -0.1) is 0 Å². The van der Waals surface area contributed by atoms with Crippen LogP contribution in [-0.4, -0.2) is 79.7 Å². The molecule has 0 aliphatic carbocycles. The lowest BCUT2D eigenvalue weighted by atomic mass is 10.2. The van der Waals surface area contributed by atoms with E-state index in [4.69, 9.17) is 4.74 Å². The number of hydrogen-bond donors (Lipinski definition) is 1. The topological polar surface area (TPSA) is 105 Å². The zero-order valence-corrected chi connectivity index (χ0v) is 16.0. The van der Waals surface area contributed by atoms with Crippen molar-refractivity contribution >= 4 is 27.6 Å². The van der Waals surface area contributed by atoms with Crippen molar-refractivity contribution in [1.29, 1.82) is 0 Å². The van der Waals surface area contributed by atoms with Crippen molar-refractivity contribution in [2.24, 2.45) is 0 Å². The number of carbonyl (C=O) groups is 1. The van der Waals surface area contributed by atoms with Crippen LogP contribution >= 0.6 is 0 Å². The number of piperazine rings is 1. The Labute approximate surface area is 153 Å². The Morgan fingerprint density at radius 3 is 2.65 bits per heavy atom. The predicted molar refractivity (Wildman–Crippen MR) is 98.3 cm³/mol. The van der Waals surface area contributed by atoms with Gasteiger partial charge in [-0.25, -0.2) is 23.2 Å². The summed E-state index contributed by atoms with van der Waals surface area (Å²) in [6.45, 7) is 6.45. The molecular weight excluding hydrogens is 358 g/mol. The molecule has 3 heterocycles. The van der Waals surface area contributed by atoms with Crippen LogP contribution in [0.1, 0.15) is 19.2 Å². The second kappa shape index (κ2) is 7.65. The minimum Gasteiger partial charge on any atom is -0.450 e. The average molecular weight is 383 g/mol. The summed E-state index contributed by atoms with van der Waals surface area (Å²) >= 11 is 0. The molecular formula is C16H25N5O4S. The van der Waals surface area contributed by atoms with E-state index >= 15 is 0 Å². The molecule has 1 unspecified atom stereocenters. The molecule has 1 amide bonds. The molecule has 0 spiro atoms. The van der Waals surface area contributed by atoms with Crippen molar-refractivity contribution in [3.63, 3.8) is 0 Å². The fourth-order valence-electron chi connectivity index (χ4n) is 3.24. The molecule has 0 radical (unpaired) electrons. The summed E-state index contributed by atoms with van der Waals surface area (Å²) in [6.07, 6.45) is 0.315. The fourth-order valence-corrected chi connectivity index (χ4v) is 4.91. The van der Waals surface area contributed by atoms with Crippen LogP contribution in [0.25, 0.3) is 0 Å². The molecule has 2 aliphatic rings. The van der Waals surface area contributed by atoms with Gasteiger partial charge in [-0.05, 0) is 20.3 Å². The van der Waals surface area contributed by atoms with Gasteiger partial charge in [0.2, 0.25) is 0 Å². The van der Waals surface area contributed by atoms with Gasteiger partial charge in [-0.2, -0.15) is 0 Å². The quantitative estimate of drug-likeness (QED) is 0.809. The summed E-state index contributed by atoms with van der Waals surface area (Å²) in [5.74, 6) is 2.41. The second-order valence-electron chi connectivity index (χ2n) is 6.58. The third-order valence-electron chi connectivity index (χ3n) is 4.54. The summed E-state index contributed by atoms with van der Waals surface area (Å²) in [5, 5.41) is 3.22. The molecule has 2 saturated heterocycles. The monoisotopic (exact) mass is 383 g/mol. The lowest BCUT2D eigenvalue weighted by Gasteiger charge is -2.34. The van der Waals surface area contributed by atoms with E-state index in [9.17, 15) is 13.2 Å². The van der Waals surface area contributed by atoms with Crippen molar-refractivity contribution < 1.29 is 17.9 Å². The number of carbonyl (C=O) groups excluding carboxylic acids is 1. The number of amides is 1. The van der Waals surface area contributed by atoms with Crippen molar-refractivity contribution in [3.05, 3.63) is 11.9 Å². The van der Waals surface area contributed by atoms with E-state index in [1.807, 2.05) is 13.0 Å². The highest BCUT2D eigenvalue weighted by molar-refractivity contribution is 7.91. The first-order valence-corrected chi connectivity index (χ1v) is 10.7. The Hall–Kier alpha value is -2.10. The van der Waals surface area contributed by atoms with Crippen molar-refractivity contribution in [3.8, 4) is 0 Å². The molecule has 3 rings (SSSR count). The zero-order chi connectivity index (χ0) is 18.7. The summed E-state index contributed by atoms with van der Waals surface area (Å²) in [6, 6.07) is 1.74. The van der Waals surface area contributed by atoms with Crippen molar-refractivity contribution in [1.82, 2.24) is 14.9 Å². The van der Waals surface area contributed by atoms with Crippen LogP contribution in [0.3, 0.4) is 0 Å². The highest BCUT2D eigenvalue weighted by Crippen LogP contribution is 2.21. The van der Waals surface area contributed by atoms with E-state index in [-0.39, 0.29) is 23.6 Å². The highest BCUT2D eigenvalue weighted by Gasteiger charge is 2.28. The SMILES string of the molecule is CCOC(=O)N1CCN(c2cc(NC3CCS(=O)(=O)C3)nc(C)n2)CC1. The number of nitrogens with one attached hydrogen (secondary N) is 1. The Bertz CT molecular complexity index is 762. The molecule has 2 fully saturated rings. The first-order valence-electron chi connectivity index (χ1n) is 8.85. The van der Waals surface area contributed by atoms with Gasteiger partial charge in [-0.1, -0.05) is 0 Å². The maximum absolute atomic E-state index is 11.8. The molecule has 1 N–H and O–H groups in total. The fraction of sp³-hybridized carbons (Fsp3) is 0.688. The number of sulfone groups is 1. The Morgan fingerprint density at radius 2 is 2.04 bits per heavy atom. The molecule has 26 heavy (non-hydrogen) atoms. The van der Waals surface area contributed by atoms with Gasteiger partial charge in [0.25, 0.3) is 0 Å². The maximum Gasteiger partial charge on any atom is 0.409 e. The van der Waals surface area contributed by atoms with E-state index in [0.717, 1.165) is 5.82 Å². The highest BCUT2D eigenvalue weighted by atomic mass is 32.2. The van der Waals surface area contributed by atoms with Gasteiger partial charge in [0.1, 0.15) is 17.5 Å². The van der Waals surface area contributed by atoms with Crippen LogP contribution < -0.4 is 10.2 Å². The van der Waals surface area contributed by atoms with Gasteiger partial charge in [-0.3, -0.25) is 0 Å². The van der Waals surface area contributed by atoms with Crippen LogP contribution in [0.2, 0.25) is 0 Å². The number of hydrogen-bond acceptors (Lipinski definition) is 8. The molecule has 2 aliphatic heterocycles. The Kier molecular flexibility index (Phi) is 5.49. The normalized spacial score (nSPS) is 22.3. The van der Waals surface area contributed by atoms with E-state index in [0.29, 0.717) is 50.8 Å². The number of aryl methyl sites for hydroxylation is 1. The minimum atomic E-state index is -2.94. The van der Waals surface area contributed by atoms with Crippen LogP contribution in [-0.2, 0) is 14.6 Å². The van der Waals surface area contributed by atoms with E-state index in [1.165, 1.54) is 0 Å². The summed E-state index contributed by atoms with van der Waals surface area (Å²) < 4.78 is 28.3. The van der Waals surface area contributed by atoms with E-state index in [1.54, 1.807) is 11.8 Å². The summed E-state index contributed by atoms with van der Waals surface area (Å²) in [5.41, 5.74) is 0. The largest absolute Gasteiger partial charge is 0.450 e. The van der Waals surface area contributed by atoms with E-state index < -0.39 is 9.84 Å². The number of rotatable bonds is 4. The van der Waals surface area contributed by atoms with Gasteiger partial charge >= 0.3 is 6.09 Å². The Morgan fingerprint density at radius 1 is 1.31 bits per heavy atom. The first kappa shape index (κ1) is 18.7. The van der Waals surface area contributed by atoms with Crippen LogP contribution in [0.15, 0.2) is 6.07 Å². The van der Waals surface area contributed by atoms with Crippen molar-refractivity contribution in [2.75, 3.05) is 54.5 Å². The molecule has 9 nitrogen and oxygen atoms in total. The third-order valence-corrected chi connectivity index (χ3v) is 6.31. The summed E-state index contributed by atoms with van der Waals surface area (Å²) in [4.78, 5) is 24.5. The zero-order valence-electron chi connectivity index (χ0n) is 15.1. The minimum absolute atomic E-state index is 0.109. The maximum atomic E-state index is 11.8. The van der Waals surface area contributed by atoms with E-state index in [2.05, 4.69) is 20.2 Å². The van der Waals surface area contributed by atoms with Crippen LogP contribution in [0.5, 0.6) is 0 Å². The van der Waals surface area contributed by atoms with Gasteiger partial charge in [0, 0.05) is 38.3 Å². The molecule has 1 aromatic heterocycles. The molecule has 0 saturated carbocycles. The third kappa shape index (κ3) is 4.54. The molecule has 0 bridgehead atoms.